The fourth-order valence-electron chi connectivity index (χ4n) is 1.25. The van der Waals surface area contributed by atoms with Gasteiger partial charge in [0.2, 0.25) is 5.91 Å². The number of benzene rings is 1. The molecule has 1 rings (SSSR count). The molecule has 0 fully saturated rings. The third-order valence-corrected chi connectivity index (χ3v) is 1.98. The van der Waals surface area contributed by atoms with Crippen LogP contribution < -0.4 is 15.8 Å². The van der Waals surface area contributed by atoms with E-state index in [1.807, 2.05) is 0 Å². The summed E-state index contributed by atoms with van der Waals surface area (Å²) in [4.78, 5) is 11.3. The minimum atomic E-state index is -2.84. The molecule has 0 aliphatic carbocycles. The Hall–Kier alpha value is -1.69. The molecule has 0 unspecified atom stereocenters. The van der Waals surface area contributed by atoms with Gasteiger partial charge in [-0.1, -0.05) is 12.1 Å². The molecule has 0 saturated heterocycles. The number of ether oxygens (including phenoxy) is 1. The van der Waals surface area contributed by atoms with Crippen LogP contribution in [-0.4, -0.2) is 25.6 Å². The SMILES string of the molecule is NCCNC(=O)Cc1ccc(OC(F)F)cc1. The maximum atomic E-state index is 11.9. The largest absolute Gasteiger partial charge is 0.435 e. The predicted molar refractivity (Wildman–Crippen MR) is 58.8 cm³/mol. The van der Waals surface area contributed by atoms with Gasteiger partial charge in [-0.25, -0.2) is 0 Å². The molecule has 4 nitrogen and oxygen atoms in total. The zero-order valence-electron chi connectivity index (χ0n) is 9.16. The van der Waals surface area contributed by atoms with E-state index < -0.39 is 6.61 Å². The van der Waals surface area contributed by atoms with Crippen LogP contribution in [0.1, 0.15) is 5.56 Å². The van der Waals surface area contributed by atoms with Crippen LogP contribution in [0.3, 0.4) is 0 Å². The number of alkyl halides is 2. The molecule has 0 aliphatic heterocycles. The molecule has 94 valence electrons. The summed E-state index contributed by atoms with van der Waals surface area (Å²) < 4.78 is 27.9. The van der Waals surface area contributed by atoms with Crippen molar-refractivity contribution < 1.29 is 18.3 Å². The number of nitrogens with two attached hydrogens (primary N) is 1. The molecule has 1 amide bonds. The second-order valence-corrected chi connectivity index (χ2v) is 3.34. The molecule has 0 saturated carbocycles. The van der Waals surface area contributed by atoms with Crippen LogP contribution in [0, 0.1) is 0 Å². The van der Waals surface area contributed by atoms with Crippen LogP contribution in [0.15, 0.2) is 24.3 Å². The van der Waals surface area contributed by atoms with E-state index in [1.54, 1.807) is 12.1 Å². The molecule has 0 bridgehead atoms. The molecule has 6 heteroatoms. The Balaban J connectivity index is 2.47. The number of halogens is 2. The van der Waals surface area contributed by atoms with Gasteiger partial charge in [-0.2, -0.15) is 8.78 Å². The van der Waals surface area contributed by atoms with Gasteiger partial charge in [-0.3, -0.25) is 4.79 Å². The Morgan fingerprint density at radius 1 is 1.35 bits per heavy atom. The molecule has 17 heavy (non-hydrogen) atoms. The third-order valence-electron chi connectivity index (χ3n) is 1.98. The van der Waals surface area contributed by atoms with Crippen LogP contribution in [0.5, 0.6) is 5.75 Å². The minimum absolute atomic E-state index is 0.0751. The quantitative estimate of drug-likeness (QED) is 0.781. The molecule has 1 aromatic carbocycles. The topological polar surface area (TPSA) is 64.3 Å². The molecule has 3 N–H and O–H groups in total. The van der Waals surface area contributed by atoms with Gasteiger partial charge in [0.1, 0.15) is 5.75 Å². The lowest BCUT2D eigenvalue weighted by atomic mass is 10.1. The van der Waals surface area contributed by atoms with Gasteiger partial charge in [0, 0.05) is 13.1 Å². The highest BCUT2D eigenvalue weighted by atomic mass is 19.3. The summed E-state index contributed by atoms with van der Waals surface area (Å²) in [5.41, 5.74) is 5.96. The number of hydrogen-bond acceptors (Lipinski definition) is 3. The van der Waals surface area contributed by atoms with Crippen molar-refractivity contribution in [1.29, 1.82) is 0 Å². The number of rotatable bonds is 6. The van der Waals surface area contributed by atoms with E-state index in [4.69, 9.17) is 5.73 Å². The number of hydrogen-bond donors (Lipinski definition) is 2. The van der Waals surface area contributed by atoms with Crippen molar-refractivity contribution in [1.82, 2.24) is 5.32 Å². The predicted octanol–water partition coefficient (Wildman–Crippen LogP) is 0.905. The van der Waals surface area contributed by atoms with E-state index in [9.17, 15) is 13.6 Å². The van der Waals surface area contributed by atoms with Crippen molar-refractivity contribution >= 4 is 5.91 Å². The first-order valence-corrected chi connectivity index (χ1v) is 5.12. The Bertz CT molecular complexity index is 355. The molecule has 0 atom stereocenters. The fraction of sp³-hybridized carbons (Fsp3) is 0.364. The lowest BCUT2D eigenvalue weighted by Gasteiger charge is -2.06. The molecule has 0 aliphatic rings. The molecule has 0 aromatic heterocycles. The highest BCUT2D eigenvalue weighted by Crippen LogP contribution is 2.15. The number of carbonyl (C=O) groups excluding carboxylic acids is 1. The highest BCUT2D eigenvalue weighted by molar-refractivity contribution is 5.78. The zero-order chi connectivity index (χ0) is 12.7. The van der Waals surface area contributed by atoms with E-state index in [-0.39, 0.29) is 18.1 Å². The van der Waals surface area contributed by atoms with Gasteiger partial charge in [0.25, 0.3) is 0 Å². The molecular weight excluding hydrogens is 230 g/mol. The first kappa shape index (κ1) is 13.4. The van der Waals surface area contributed by atoms with E-state index >= 15 is 0 Å². The summed E-state index contributed by atoms with van der Waals surface area (Å²) >= 11 is 0. The van der Waals surface area contributed by atoms with Crippen LogP contribution in [0.25, 0.3) is 0 Å². The van der Waals surface area contributed by atoms with E-state index in [2.05, 4.69) is 10.1 Å². The van der Waals surface area contributed by atoms with Gasteiger partial charge < -0.3 is 15.8 Å². The summed E-state index contributed by atoms with van der Waals surface area (Å²) in [5, 5.41) is 2.61. The summed E-state index contributed by atoms with van der Waals surface area (Å²) in [6.45, 7) is -2.04. The van der Waals surface area contributed by atoms with Crippen LogP contribution in [-0.2, 0) is 11.2 Å². The van der Waals surface area contributed by atoms with Crippen molar-refractivity contribution in [2.24, 2.45) is 5.73 Å². The average Bonchev–Trinajstić information content (AvgIpc) is 2.28. The van der Waals surface area contributed by atoms with Crippen molar-refractivity contribution in [3.8, 4) is 5.75 Å². The second kappa shape index (κ2) is 6.80. The van der Waals surface area contributed by atoms with E-state index in [0.29, 0.717) is 13.1 Å². The summed E-state index contributed by atoms with van der Waals surface area (Å²) in [7, 11) is 0. The van der Waals surface area contributed by atoms with E-state index in [0.717, 1.165) is 5.56 Å². The maximum Gasteiger partial charge on any atom is 0.387 e. The number of amides is 1. The average molecular weight is 244 g/mol. The Kier molecular flexibility index (Phi) is 5.35. The van der Waals surface area contributed by atoms with Gasteiger partial charge >= 0.3 is 6.61 Å². The monoisotopic (exact) mass is 244 g/mol. The lowest BCUT2D eigenvalue weighted by Crippen LogP contribution is -2.30. The zero-order valence-corrected chi connectivity index (χ0v) is 9.16. The molecule has 0 spiro atoms. The van der Waals surface area contributed by atoms with Gasteiger partial charge in [0.05, 0.1) is 6.42 Å². The Morgan fingerprint density at radius 2 is 2.00 bits per heavy atom. The van der Waals surface area contributed by atoms with E-state index in [1.165, 1.54) is 12.1 Å². The van der Waals surface area contributed by atoms with Crippen LogP contribution in [0.4, 0.5) is 8.78 Å². The van der Waals surface area contributed by atoms with Crippen molar-refractivity contribution in [2.45, 2.75) is 13.0 Å². The van der Waals surface area contributed by atoms with Crippen molar-refractivity contribution in [3.63, 3.8) is 0 Å². The molecule has 1 aromatic rings. The number of nitrogens with one attached hydrogen (secondary N) is 1. The van der Waals surface area contributed by atoms with Crippen molar-refractivity contribution in [3.05, 3.63) is 29.8 Å². The number of carbonyl (C=O) groups is 1. The first-order chi connectivity index (χ1) is 8.11. The Morgan fingerprint density at radius 3 is 2.53 bits per heavy atom. The Labute approximate surface area is 97.8 Å². The van der Waals surface area contributed by atoms with Gasteiger partial charge in [-0.05, 0) is 17.7 Å². The second-order valence-electron chi connectivity index (χ2n) is 3.34. The molecular formula is C11H14F2N2O2. The van der Waals surface area contributed by atoms with Crippen molar-refractivity contribution in [2.75, 3.05) is 13.1 Å². The summed E-state index contributed by atoms with van der Waals surface area (Å²) in [6.07, 6.45) is 0.189. The fourth-order valence-corrected chi connectivity index (χ4v) is 1.25. The normalized spacial score (nSPS) is 10.4. The lowest BCUT2D eigenvalue weighted by molar-refractivity contribution is -0.120. The molecule has 0 radical (unpaired) electrons. The third kappa shape index (κ3) is 5.26. The van der Waals surface area contributed by atoms with Crippen LogP contribution in [0.2, 0.25) is 0 Å². The smallest absolute Gasteiger partial charge is 0.387 e. The minimum Gasteiger partial charge on any atom is -0.435 e. The summed E-state index contributed by atoms with van der Waals surface area (Å²) in [5.74, 6) is -0.0795. The van der Waals surface area contributed by atoms with Gasteiger partial charge in [0.15, 0.2) is 0 Å². The van der Waals surface area contributed by atoms with Gasteiger partial charge in [-0.15, -0.1) is 0 Å². The maximum absolute atomic E-state index is 11.9. The first-order valence-electron chi connectivity index (χ1n) is 5.12. The standard InChI is InChI=1S/C11H14F2N2O2/c12-11(13)17-9-3-1-8(2-4-9)7-10(16)15-6-5-14/h1-4,11H,5-7,14H2,(H,15,16). The molecule has 0 heterocycles. The van der Waals surface area contributed by atoms with Crippen LogP contribution >= 0.6 is 0 Å². The summed E-state index contributed by atoms with van der Waals surface area (Å²) in [6, 6.07) is 5.94. The highest BCUT2D eigenvalue weighted by Gasteiger charge is 2.05.